The number of carboxylic acid groups (broad SMARTS) is 1. The van der Waals surface area contributed by atoms with E-state index in [1.165, 1.54) is 0 Å². The van der Waals surface area contributed by atoms with Gasteiger partial charge in [0, 0.05) is 17.1 Å². The number of carbonyl (C=O) groups excluding carboxylic acids is 1. The highest BCUT2D eigenvalue weighted by atomic mass is 35.5. The van der Waals surface area contributed by atoms with E-state index in [1.54, 1.807) is 0 Å². The first-order valence-electron chi connectivity index (χ1n) is 8.44. The van der Waals surface area contributed by atoms with E-state index in [0.717, 1.165) is 24.0 Å². The first-order valence-corrected chi connectivity index (χ1v) is 8.82. The van der Waals surface area contributed by atoms with Crippen molar-refractivity contribution in [3.8, 4) is 5.75 Å². The number of benzene rings is 1. The van der Waals surface area contributed by atoms with Gasteiger partial charge in [0.05, 0.1) is 6.54 Å². The lowest BCUT2D eigenvalue weighted by Gasteiger charge is -2.42. The van der Waals surface area contributed by atoms with Crippen molar-refractivity contribution >= 4 is 23.5 Å². The van der Waals surface area contributed by atoms with Crippen LogP contribution < -0.4 is 10.1 Å². The predicted molar refractivity (Wildman–Crippen MR) is 96.3 cm³/mol. The van der Waals surface area contributed by atoms with E-state index in [-0.39, 0.29) is 31.1 Å². The number of hydrogen-bond acceptors (Lipinski definition) is 4. The quantitative estimate of drug-likeness (QED) is 0.736. The van der Waals surface area contributed by atoms with Crippen LogP contribution in [0.2, 0.25) is 5.02 Å². The van der Waals surface area contributed by atoms with Crippen LogP contribution in [0.25, 0.3) is 0 Å². The highest BCUT2D eigenvalue weighted by Crippen LogP contribution is 2.27. The molecule has 2 N–H and O–H groups in total. The lowest BCUT2D eigenvalue weighted by molar-refractivity contribution is -0.139. The molecule has 138 valence electrons. The zero-order chi connectivity index (χ0) is 18.6. The molecule has 0 atom stereocenters. The minimum atomic E-state index is -0.823. The van der Waals surface area contributed by atoms with Crippen LogP contribution in [-0.4, -0.2) is 53.7 Å². The van der Waals surface area contributed by atoms with Crippen LogP contribution in [0.1, 0.15) is 30.9 Å². The van der Waals surface area contributed by atoms with Crippen LogP contribution in [0.5, 0.6) is 5.75 Å². The van der Waals surface area contributed by atoms with Crippen molar-refractivity contribution in [3.63, 3.8) is 0 Å². The van der Waals surface area contributed by atoms with Crippen molar-refractivity contribution < 1.29 is 19.4 Å². The Kier molecular flexibility index (Phi) is 6.67. The molecular formula is C18H25ClN2O4. The topological polar surface area (TPSA) is 78.9 Å². The van der Waals surface area contributed by atoms with Crippen molar-refractivity contribution in [2.24, 2.45) is 0 Å². The maximum absolute atomic E-state index is 12.0. The Bertz CT molecular complexity index is 621. The molecule has 0 radical (unpaired) electrons. The monoisotopic (exact) mass is 368 g/mol. The van der Waals surface area contributed by atoms with Gasteiger partial charge < -0.3 is 15.2 Å². The fourth-order valence-corrected chi connectivity index (χ4v) is 3.19. The Morgan fingerprint density at radius 1 is 1.32 bits per heavy atom. The van der Waals surface area contributed by atoms with Crippen molar-refractivity contribution in [1.82, 2.24) is 10.2 Å². The third-order valence-electron chi connectivity index (χ3n) is 4.52. The normalized spacial score (nSPS) is 19.4. The van der Waals surface area contributed by atoms with Gasteiger partial charge in [-0.25, -0.2) is 0 Å². The van der Waals surface area contributed by atoms with Crippen LogP contribution >= 0.6 is 11.6 Å². The maximum Gasteiger partial charge on any atom is 0.317 e. The molecule has 0 unspecified atom stereocenters. The molecule has 0 aromatic heterocycles. The summed E-state index contributed by atoms with van der Waals surface area (Å²) in [6, 6.07) is 3.92. The number of nitrogens with one attached hydrogen (secondary N) is 1. The molecule has 1 aromatic rings. The van der Waals surface area contributed by atoms with Gasteiger partial charge in [-0.15, -0.1) is 0 Å². The van der Waals surface area contributed by atoms with Gasteiger partial charge in [0.25, 0.3) is 5.91 Å². The second-order valence-corrected chi connectivity index (χ2v) is 6.88. The van der Waals surface area contributed by atoms with Gasteiger partial charge >= 0.3 is 5.97 Å². The average Bonchev–Trinajstić information content (AvgIpc) is 2.51. The number of amides is 1. The molecule has 1 amide bonds. The minimum Gasteiger partial charge on any atom is -0.484 e. The molecule has 7 heteroatoms. The van der Waals surface area contributed by atoms with E-state index in [0.29, 0.717) is 17.3 Å². The number of aliphatic carboxylic acids is 1. The number of hydrogen-bond donors (Lipinski definition) is 2. The summed E-state index contributed by atoms with van der Waals surface area (Å²) in [4.78, 5) is 24.8. The number of rotatable bonds is 8. The molecule has 1 aliphatic carbocycles. The molecule has 0 aliphatic heterocycles. The van der Waals surface area contributed by atoms with Crippen LogP contribution in [0.3, 0.4) is 0 Å². The predicted octanol–water partition coefficient (Wildman–Crippen LogP) is 2.39. The second kappa shape index (κ2) is 8.54. The van der Waals surface area contributed by atoms with Crippen LogP contribution in [0, 0.1) is 13.8 Å². The molecule has 0 bridgehead atoms. The number of carbonyl (C=O) groups is 2. The Morgan fingerprint density at radius 3 is 2.44 bits per heavy atom. The summed E-state index contributed by atoms with van der Waals surface area (Å²) in [5.74, 6) is -0.370. The Labute approximate surface area is 153 Å². The Balaban J connectivity index is 1.74. The molecule has 0 saturated heterocycles. The Hall–Kier alpha value is -1.79. The molecule has 0 spiro atoms. The largest absolute Gasteiger partial charge is 0.484 e. The smallest absolute Gasteiger partial charge is 0.317 e. The lowest BCUT2D eigenvalue weighted by atomic mass is 9.85. The van der Waals surface area contributed by atoms with Gasteiger partial charge in [0.2, 0.25) is 0 Å². The SMILES string of the molecule is CCN(CC(=O)O)C1CC(NC(=O)COc2cc(C)c(Cl)c(C)c2)C1. The van der Waals surface area contributed by atoms with E-state index >= 15 is 0 Å². The fourth-order valence-electron chi connectivity index (χ4n) is 3.08. The highest BCUT2D eigenvalue weighted by molar-refractivity contribution is 6.32. The van der Waals surface area contributed by atoms with Gasteiger partial charge in [-0.3, -0.25) is 14.5 Å². The minimum absolute atomic E-state index is 0.0419. The summed E-state index contributed by atoms with van der Waals surface area (Å²) in [5, 5.41) is 12.5. The zero-order valence-corrected chi connectivity index (χ0v) is 15.6. The van der Waals surface area contributed by atoms with Gasteiger partial charge in [-0.2, -0.15) is 0 Å². The summed E-state index contributed by atoms with van der Waals surface area (Å²) >= 11 is 6.11. The molecule has 1 aliphatic rings. The van der Waals surface area contributed by atoms with Crippen molar-refractivity contribution in [3.05, 3.63) is 28.3 Å². The molecule has 25 heavy (non-hydrogen) atoms. The molecule has 2 rings (SSSR count). The molecular weight excluding hydrogens is 344 g/mol. The third kappa shape index (κ3) is 5.34. The number of aryl methyl sites for hydroxylation is 2. The number of carboxylic acids is 1. The summed E-state index contributed by atoms with van der Waals surface area (Å²) in [7, 11) is 0. The maximum atomic E-state index is 12.0. The van der Waals surface area contributed by atoms with Gasteiger partial charge in [-0.05, 0) is 56.5 Å². The van der Waals surface area contributed by atoms with Crippen LogP contribution in [0.4, 0.5) is 0 Å². The average molecular weight is 369 g/mol. The van der Waals surface area contributed by atoms with Crippen LogP contribution in [-0.2, 0) is 9.59 Å². The number of halogens is 1. The molecule has 1 aromatic carbocycles. The van der Waals surface area contributed by atoms with E-state index in [1.807, 2.05) is 37.8 Å². The Morgan fingerprint density at radius 2 is 1.92 bits per heavy atom. The number of likely N-dealkylation sites (N-methyl/N-ethyl adjacent to an activating group) is 1. The summed E-state index contributed by atoms with van der Waals surface area (Å²) in [6.45, 7) is 6.42. The standard InChI is InChI=1S/C18H25ClN2O4/c1-4-21(9-17(23)24)14-7-13(8-14)20-16(22)10-25-15-5-11(2)18(19)12(3)6-15/h5-6,13-14H,4,7-10H2,1-3H3,(H,20,22)(H,23,24). The highest BCUT2D eigenvalue weighted by Gasteiger charge is 2.34. The van der Waals surface area contributed by atoms with E-state index in [2.05, 4.69) is 5.32 Å². The third-order valence-corrected chi connectivity index (χ3v) is 5.12. The van der Waals surface area contributed by atoms with Crippen molar-refractivity contribution in [1.29, 1.82) is 0 Å². The van der Waals surface area contributed by atoms with Crippen molar-refractivity contribution in [2.75, 3.05) is 19.7 Å². The fraction of sp³-hybridized carbons (Fsp3) is 0.556. The number of nitrogens with zero attached hydrogens (tertiary/aromatic N) is 1. The first-order chi connectivity index (χ1) is 11.8. The van der Waals surface area contributed by atoms with Crippen LogP contribution in [0.15, 0.2) is 12.1 Å². The second-order valence-electron chi connectivity index (χ2n) is 6.51. The first kappa shape index (κ1) is 19.5. The van der Waals surface area contributed by atoms with E-state index in [4.69, 9.17) is 21.4 Å². The van der Waals surface area contributed by atoms with Crippen molar-refractivity contribution in [2.45, 2.75) is 45.7 Å². The molecule has 1 saturated carbocycles. The van der Waals surface area contributed by atoms with Gasteiger partial charge in [0.15, 0.2) is 6.61 Å². The van der Waals surface area contributed by atoms with Gasteiger partial charge in [0.1, 0.15) is 5.75 Å². The summed E-state index contributed by atoms with van der Waals surface area (Å²) in [6.07, 6.45) is 1.54. The van der Waals surface area contributed by atoms with E-state index in [9.17, 15) is 9.59 Å². The summed E-state index contributed by atoms with van der Waals surface area (Å²) in [5.41, 5.74) is 1.83. The molecule has 6 nitrogen and oxygen atoms in total. The number of ether oxygens (including phenoxy) is 1. The molecule has 1 fully saturated rings. The van der Waals surface area contributed by atoms with E-state index < -0.39 is 5.97 Å². The van der Waals surface area contributed by atoms with Gasteiger partial charge in [-0.1, -0.05) is 18.5 Å². The molecule has 0 heterocycles. The lowest BCUT2D eigenvalue weighted by Crippen LogP contribution is -2.55. The zero-order valence-electron chi connectivity index (χ0n) is 14.8. The summed E-state index contributed by atoms with van der Waals surface area (Å²) < 4.78 is 5.54.